The van der Waals surface area contributed by atoms with Crippen LogP contribution >= 0.6 is 0 Å². The second-order valence-corrected chi connectivity index (χ2v) is 8.57. The Hall–Kier alpha value is -3.56. The summed E-state index contributed by atoms with van der Waals surface area (Å²) >= 11 is 0. The molecule has 0 fully saturated rings. The average Bonchev–Trinajstić information content (AvgIpc) is 2.86. The van der Waals surface area contributed by atoms with Crippen LogP contribution in [0.1, 0.15) is 25.0 Å². The monoisotopic (exact) mass is 437 g/mol. The molecule has 3 heteroatoms. The van der Waals surface area contributed by atoms with Crippen LogP contribution in [0.25, 0.3) is 0 Å². The second-order valence-electron chi connectivity index (χ2n) is 8.57. The van der Waals surface area contributed by atoms with Crippen LogP contribution in [0.4, 0.5) is 17.1 Å². The molecule has 33 heavy (non-hydrogen) atoms. The van der Waals surface area contributed by atoms with E-state index in [9.17, 15) is 5.11 Å². The maximum Gasteiger partial charge on any atom is 0.199 e. The molecule has 4 aromatic rings. The molecule has 1 N–H and O–H groups in total. The molecule has 0 bridgehead atoms. The van der Waals surface area contributed by atoms with Crippen molar-refractivity contribution in [1.29, 1.82) is 0 Å². The molecule has 0 aliphatic carbocycles. The van der Waals surface area contributed by atoms with E-state index in [0.29, 0.717) is 5.75 Å². The van der Waals surface area contributed by atoms with Gasteiger partial charge in [-0.3, -0.25) is 0 Å². The van der Waals surface area contributed by atoms with E-state index in [2.05, 4.69) is 89.8 Å². The molecule has 0 saturated carbocycles. The van der Waals surface area contributed by atoms with Crippen LogP contribution in [0.5, 0.6) is 5.75 Å². The Bertz CT molecular complexity index is 1070. The third-order valence-electron chi connectivity index (χ3n) is 5.68. The van der Waals surface area contributed by atoms with Gasteiger partial charge in [-0.25, -0.2) is 0 Å². The number of hydrogen-bond acceptors (Lipinski definition) is 3. The third-order valence-corrected chi connectivity index (χ3v) is 5.68. The normalized spacial score (nSPS) is 11.9. The van der Waals surface area contributed by atoms with Gasteiger partial charge in [-0.2, -0.15) is 0 Å². The van der Waals surface area contributed by atoms with Gasteiger partial charge in [0, 0.05) is 23.0 Å². The predicted molar refractivity (Wildman–Crippen MR) is 136 cm³/mol. The fourth-order valence-corrected chi connectivity index (χ4v) is 3.71. The number of benzene rings is 4. The molecule has 0 amide bonds. The molecule has 0 radical (unpaired) electrons. The van der Waals surface area contributed by atoms with Crippen LogP contribution in [-0.2, 0) is 12.8 Å². The van der Waals surface area contributed by atoms with E-state index in [4.69, 9.17) is 4.74 Å². The minimum absolute atomic E-state index is 0.0624. The highest BCUT2D eigenvalue weighted by atomic mass is 16.6. The first-order valence-corrected chi connectivity index (χ1v) is 11.5. The first-order chi connectivity index (χ1) is 16.1. The smallest absolute Gasteiger partial charge is 0.199 e. The quantitative estimate of drug-likeness (QED) is 0.279. The molecule has 4 aromatic carbocycles. The number of para-hydroxylation sites is 2. The Morgan fingerprint density at radius 3 is 1.48 bits per heavy atom. The number of aryl methyl sites for hydroxylation is 2. The zero-order valence-electron chi connectivity index (χ0n) is 19.3. The van der Waals surface area contributed by atoms with E-state index < -0.39 is 6.29 Å². The summed E-state index contributed by atoms with van der Waals surface area (Å²) < 4.78 is 5.55. The number of rotatable bonds is 9. The Morgan fingerprint density at radius 1 is 0.606 bits per heavy atom. The van der Waals surface area contributed by atoms with Gasteiger partial charge in [-0.05, 0) is 72.5 Å². The van der Waals surface area contributed by atoms with Crippen molar-refractivity contribution in [2.24, 2.45) is 5.92 Å². The molecule has 168 valence electrons. The topological polar surface area (TPSA) is 32.7 Å². The minimum atomic E-state index is -0.777. The van der Waals surface area contributed by atoms with Crippen molar-refractivity contribution in [2.75, 3.05) is 4.90 Å². The third kappa shape index (κ3) is 6.03. The lowest BCUT2D eigenvalue weighted by molar-refractivity contribution is -0.0515. The molecule has 0 aliphatic heterocycles. The summed E-state index contributed by atoms with van der Waals surface area (Å²) in [7, 11) is 0. The summed E-state index contributed by atoms with van der Waals surface area (Å²) in [6.45, 7) is 3.87. The molecule has 0 aromatic heterocycles. The molecule has 0 heterocycles. The summed E-state index contributed by atoms with van der Waals surface area (Å²) in [5, 5.41) is 9.88. The lowest BCUT2D eigenvalue weighted by atomic mass is 10.0. The van der Waals surface area contributed by atoms with Crippen molar-refractivity contribution >= 4 is 17.1 Å². The second kappa shape index (κ2) is 10.8. The van der Waals surface area contributed by atoms with Gasteiger partial charge in [-0.1, -0.05) is 74.5 Å². The van der Waals surface area contributed by atoms with E-state index >= 15 is 0 Å². The van der Waals surface area contributed by atoms with Gasteiger partial charge in [0.05, 0.1) is 0 Å². The van der Waals surface area contributed by atoms with Crippen molar-refractivity contribution in [1.82, 2.24) is 0 Å². The van der Waals surface area contributed by atoms with Crippen LogP contribution in [0.15, 0.2) is 109 Å². The summed E-state index contributed by atoms with van der Waals surface area (Å²) in [6, 6.07) is 37.7. The molecular formula is C30H31NO2. The van der Waals surface area contributed by atoms with Crippen LogP contribution < -0.4 is 9.64 Å². The number of aliphatic hydroxyl groups excluding tert-OH is 1. The lowest BCUT2D eigenvalue weighted by Crippen LogP contribution is -2.21. The Morgan fingerprint density at radius 2 is 1.03 bits per heavy atom. The molecular weight excluding hydrogens is 406 g/mol. The van der Waals surface area contributed by atoms with Crippen molar-refractivity contribution in [2.45, 2.75) is 33.0 Å². The van der Waals surface area contributed by atoms with Crippen molar-refractivity contribution in [3.8, 4) is 5.75 Å². The number of ether oxygens (including phenoxy) is 1. The zero-order chi connectivity index (χ0) is 23.0. The fourth-order valence-electron chi connectivity index (χ4n) is 3.71. The van der Waals surface area contributed by atoms with Gasteiger partial charge in [0.2, 0.25) is 0 Å². The number of hydrogen-bond donors (Lipinski definition) is 1. The predicted octanol–water partition coefficient (Wildman–Crippen LogP) is 7.29. The summed E-state index contributed by atoms with van der Waals surface area (Å²) in [5.74, 6) is 0.763. The first kappa shape index (κ1) is 22.6. The average molecular weight is 438 g/mol. The van der Waals surface area contributed by atoms with Gasteiger partial charge < -0.3 is 14.7 Å². The van der Waals surface area contributed by atoms with Crippen LogP contribution in [0.3, 0.4) is 0 Å². The lowest BCUT2D eigenvalue weighted by Gasteiger charge is -2.25. The van der Waals surface area contributed by atoms with Gasteiger partial charge >= 0.3 is 0 Å². The first-order valence-electron chi connectivity index (χ1n) is 11.5. The highest BCUT2D eigenvalue weighted by Gasteiger charge is 2.12. The van der Waals surface area contributed by atoms with E-state index in [1.807, 2.05) is 38.1 Å². The maximum absolute atomic E-state index is 9.88. The highest BCUT2D eigenvalue weighted by Crippen LogP contribution is 2.34. The molecule has 1 unspecified atom stereocenters. The van der Waals surface area contributed by atoms with Crippen molar-refractivity contribution in [3.63, 3.8) is 0 Å². The largest absolute Gasteiger partial charge is 0.465 e. The highest BCUT2D eigenvalue weighted by molar-refractivity contribution is 5.76. The van der Waals surface area contributed by atoms with E-state index in [1.165, 1.54) is 11.1 Å². The summed E-state index contributed by atoms with van der Waals surface area (Å²) in [5.41, 5.74) is 5.97. The molecule has 0 saturated heterocycles. The number of aliphatic hydroxyl groups is 1. The molecule has 3 nitrogen and oxygen atoms in total. The van der Waals surface area contributed by atoms with Gasteiger partial charge in [0.1, 0.15) is 5.75 Å². The minimum Gasteiger partial charge on any atom is -0.465 e. The standard InChI is InChI=1S/C30H31NO2/c1-23(2)30(32)33-29-21-17-25(18-22-29)14-13-24-15-19-28(20-16-24)31(26-9-5-3-6-10-26)27-11-7-4-8-12-27/h3-12,15-23,30,32H,13-14H2,1-2H3. The number of anilines is 3. The van der Waals surface area contributed by atoms with E-state index in [0.717, 1.165) is 29.9 Å². The van der Waals surface area contributed by atoms with Crippen molar-refractivity contribution in [3.05, 3.63) is 120 Å². The van der Waals surface area contributed by atoms with Crippen LogP contribution in [0, 0.1) is 5.92 Å². The van der Waals surface area contributed by atoms with E-state index in [-0.39, 0.29) is 5.92 Å². The number of nitrogens with zero attached hydrogens (tertiary/aromatic N) is 1. The Balaban J connectivity index is 1.43. The Labute approximate surface area is 196 Å². The van der Waals surface area contributed by atoms with Crippen LogP contribution in [0.2, 0.25) is 0 Å². The molecule has 0 spiro atoms. The van der Waals surface area contributed by atoms with Crippen molar-refractivity contribution < 1.29 is 9.84 Å². The Kier molecular flexibility index (Phi) is 7.43. The van der Waals surface area contributed by atoms with Gasteiger partial charge in [-0.15, -0.1) is 0 Å². The molecule has 4 rings (SSSR count). The SMILES string of the molecule is CC(C)C(O)Oc1ccc(CCc2ccc(N(c3ccccc3)c3ccccc3)cc2)cc1. The fraction of sp³-hybridized carbons (Fsp3) is 0.200. The molecule has 1 atom stereocenters. The van der Waals surface area contributed by atoms with Gasteiger partial charge in [0.15, 0.2) is 6.29 Å². The molecule has 0 aliphatic rings. The summed E-state index contributed by atoms with van der Waals surface area (Å²) in [6.07, 6.45) is 1.14. The maximum atomic E-state index is 9.88. The van der Waals surface area contributed by atoms with E-state index in [1.54, 1.807) is 0 Å². The van der Waals surface area contributed by atoms with Gasteiger partial charge in [0.25, 0.3) is 0 Å². The summed E-state index contributed by atoms with van der Waals surface area (Å²) in [4.78, 5) is 2.27. The van der Waals surface area contributed by atoms with Crippen LogP contribution in [-0.4, -0.2) is 11.4 Å². The zero-order valence-corrected chi connectivity index (χ0v) is 19.3.